The van der Waals surface area contributed by atoms with Gasteiger partial charge in [0, 0.05) is 0 Å². The molecule has 1 aliphatic heterocycles. The first-order valence-electron chi connectivity index (χ1n) is 5.61. The second-order valence-electron chi connectivity index (χ2n) is 4.24. The fourth-order valence-corrected chi connectivity index (χ4v) is 2.14. The first-order chi connectivity index (χ1) is 9.69. The molecule has 0 aliphatic carbocycles. The summed E-state index contributed by atoms with van der Waals surface area (Å²) in [5.74, 6) is -0.273. The highest BCUT2D eigenvalue weighted by Crippen LogP contribution is 2.38. The van der Waals surface area contributed by atoms with Crippen LogP contribution in [0.25, 0.3) is 0 Å². The number of nitrogen functional groups attached to an aromatic ring is 1. The molecule has 0 unspecified atom stereocenters. The SMILES string of the molecule is Nc1ncn([C@@H]2O[C@H](COP(=O)(O)O)[C@H](O)[C@H]2O)c(=O)n1. The number of hydrogen-bond acceptors (Lipinski definition) is 9. The van der Waals surface area contributed by atoms with Crippen molar-refractivity contribution >= 4 is 13.8 Å². The highest BCUT2D eigenvalue weighted by molar-refractivity contribution is 7.46. The summed E-state index contributed by atoms with van der Waals surface area (Å²) in [7, 11) is -4.75. The van der Waals surface area contributed by atoms with Crippen LogP contribution in [0.4, 0.5) is 5.95 Å². The largest absolute Gasteiger partial charge is 0.469 e. The van der Waals surface area contributed by atoms with Crippen molar-refractivity contribution in [3.63, 3.8) is 0 Å². The van der Waals surface area contributed by atoms with Gasteiger partial charge in [-0.1, -0.05) is 0 Å². The number of anilines is 1. The predicted molar refractivity (Wildman–Crippen MR) is 64.6 cm³/mol. The van der Waals surface area contributed by atoms with Crippen LogP contribution in [-0.4, -0.2) is 59.5 Å². The van der Waals surface area contributed by atoms with Gasteiger partial charge in [-0.2, -0.15) is 4.98 Å². The number of nitrogens with two attached hydrogens (primary N) is 1. The number of nitrogens with zero attached hydrogens (tertiary/aromatic N) is 3. The number of aliphatic hydroxyl groups excluding tert-OH is 2. The van der Waals surface area contributed by atoms with Gasteiger partial charge in [0.1, 0.15) is 24.6 Å². The summed E-state index contributed by atoms with van der Waals surface area (Å²) < 4.78 is 20.8. The molecule has 21 heavy (non-hydrogen) atoms. The lowest BCUT2D eigenvalue weighted by Gasteiger charge is -2.16. The lowest BCUT2D eigenvalue weighted by molar-refractivity contribution is -0.0547. The maximum absolute atomic E-state index is 11.6. The van der Waals surface area contributed by atoms with Crippen LogP contribution in [0.5, 0.6) is 0 Å². The average molecular weight is 324 g/mol. The third-order valence-electron chi connectivity index (χ3n) is 2.76. The van der Waals surface area contributed by atoms with E-state index in [9.17, 15) is 19.6 Å². The van der Waals surface area contributed by atoms with Gasteiger partial charge in [0.05, 0.1) is 6.61 Å². The smallest absolute Gasteiger partial charge is 0.387 e. The van der Waals surface area contributed by atoms with Crippen molar-refractivity contribution in [2.24, 2.45) is 0 Å². The van der Waals surface area contributed by atoms with Crippen molar-refractivity contribution in [2.45, 2.75) is 24.5 Å². The second kappa shape index (κ2) is 5.77. The molecule has 2 rings (SSSR count). The summed E-state index contributed by atoms with van der Waals surface area (Å²) >= 11 is 0. The number of aliphatic hydroxyl groups is 2. The summed E-state index contributed by atoms with van der Waals surface area (Å²) in [6, 6.07) is 0. The molecule has 2 heterocycles. The van der Waals surface area contributed by atoms with E-state index in [0.717, 1.165) is 10.9 Å². The van der Waals surface area contributed by atoms with Gasteiger partial charge < -0.3 is 30.5 Å². The average Bonchev–Trinajstić information content (AvgIpc) is 2.64. The molecule has 1 fully saturated rings. The first kappa shape index (κ1) is 16.0. The third kappa shape index (κ3) is 3.63. The Labute approximate surface area is 117 Å². The molecule has 4 atom stereocenters. The zero-order valence-corrected chi connectivity index (χ0v) is 11.3. The molecule has 0 radical (unpaired) electrons. The van der Waals surface area contributed by atoms with Crippen LogP contribution in [-0.2, 0) is 13.8 Å². The molecule has 0 amide bonds. The minimum Gasteiger partial charge on any atom is -0.387 e. The Bertz CT molecular complexity index is 617. The zero-order chi connectivity index (χ0) is 15.8. The summed E-state index contributed by atoms with van der Waals surface area (Å²) in [6.45, 7) is -0.677. The minimum atomic E-state index is -4.75. The van der Waals surface area contributed by atoms with E-state index in [4.69, 9.17) is 20.3 Å². The summed E-state index contributed by atoms with van der Waals surface area (Å²) in [6.07, 6.45) is -4.68. The standard InChI is InChI=1S/C8H13N4O8P/c9-7-10-2-12(8(15)11-7)6-5(14)4(13)3(20-6)1-19-21(16,17)18/h2-6,13-14H,1H2,(H2,9,11,15)(H2,16,17,18)/t3-,4+,5-,6-/m1/s1. The van der Waals surface area contributed by atoms with E-state index in [1.807, 2.05) is 0 Å². The quantitative estimate of drug-likeness (QED) is 0.353. The minimum absolute atomic E-state index is 0.273. The van der Waals surface area contributed by atoms with Crippen molar-refractivity contribution in [3.8, 4) is 0 Å². The van der Waals surface area contributed by atoms with E-state index in [2.05, 4.69) is 14.5 Å². The maximum atomic E-state index is 11.6. The van der Waals surface area contributed by atoms with E-state index < -0.39 is 44.7 Å². The first-order valence-corrected chi connectivity index (χ1v) is 7.14. The molecule has 0 saturated carbocycles. The van der Waals surface area contributed by atoms with Gasteiger partial charge in [0.25, 0.3) is 0 Å². The van der Waals surface area contributed by atoms with E-state index in [1.165, 1.54) is 0 Å². The molecule has 0 bridgehead atoms. The van der Waals surface area contributed by atoms with Gasteiger partial charge in [-0.15, -0.1) is 0 Å². The number of ether oxygens (including phenoxy) is 1. The fourth-order valence-electron chi connectivity index (χ4n) is 1.80. The Morgan fingerprint density at radius 2 is 2.10 bits per heavy atom. The van der Waals surface area contributed by atoms with Crippen molar-refractivity contribution in [2.75, 3.05) is 12.3 Å². The lowest BCUT2D eigenvalue weighted by Crippen LogP contribution is -2.36. The van der Waals surface area contributed by atoms with Crippen molar-refractivity contribution in [1.82, 2.24) is 14.5 Å². The number of phosphoric acid groups is 1. The molecule has 6 N–H and O–H groups in total. The second-order valence-corrected chi connectivity index (χ2v) is 5.48. The van der Waals surface area contributed by atoms with Crippen LogP contribution >= 0.6 is 7.82 Å². The van der Waals surface area contributed by atoms with Gasteiger partial charge in [-0.25, -0.2) is 14.3 Å². The van der Waals surface area contributed by atoms with Crippen LogP contribution in [0, 0.1) is 0 Å². The van der Waals surface area contributed by atoms with Gasteiger partial charge in [0.2, 0.25) is 5.95 Å². The Hall–Kier alpha value is -1.40. The normalized spacial score (nSPS) is 29.7. The number of phosphoric ester groups is 1. The van der Waals surface area contributed by atoms with E-state index in [-0.39, 0.29) is 5.95 Å². The van der Waals surface area contributed by atoms with Crippen LogP contribution in [0.3, 0.4) is 0 Å². The van der Waals surface area contributed by atoms with Crippen molar-refractivity contribution in [1.29, 1.82) is 0 Å². The molecule has 1 aromatic heterocycles. The molecular formula is C8H13N4O8P. The Morgan fingerprint density at radius 3 is 2.67 bits per heavy atom. The molecule has 0 spiro atoms. The van der Waals surface area contributed by atoms with Crippen LogP contribution < -0.4 is 11.4 Å². The molecule has 12 nitrogen and oxygen atoms in total. The number of hydrogen-bond donors (Lipinski definition) is 5. The number of rotatable bonds is 4. The predicted octanol–water partition coefficient (Wildman–Crippen LogP) is -3.05. The van der Waals surface area contributed by atoms with Gasteiger partial charge in [-0.05, 0) is 0 Å². The monoisotopic (exact) mass is 324 g/mol. The molecule has 1 saturated heterocycles. The summed E-state index contributed by atoms with van der Waals surface area (Å²) in [5, 5.41) is 19.6. The maximum Gasteiger partial charge on any atom is 0.469 e. The Kier molecular flexibility index (Phi) is 4.39. The Balaban J connectivity index is 2.16. The van der Waals surface area contributed by atoms with Gasteiger partial charge in [0.15, 0.2) is 6.23 Å². The van der Waals surface area contributed by atoms with Crippen molar-refractivity contribution in [3.05, 3.63) is 16.8 Å². The third-order valence-corrected chi connectivity index (χ3v) is 3.25. The topological polar surface area (TPSA) is 190 Å². The fraction of sp³-hybridized carbons (Fsp3) is 0.625. The summed E-state index contributed by atoms with van der Waals surface area (Å²) in [4.78, 5) is 35.7. The van der Waals surface area contributed by atoms with Crippen LogP contribution in [0.2, 0.25) is 0 Å². The Morgan fingerprint density at radius 1 is 1.43 bits per heavy atom. The number of aromatic nitrogens is 3. The molecule has 13 heteroatoms. The van der Waals surface area contributed by atoms with Crippen molar-refractivity contribution < 1.29 is 33.8 Å². The van der Waals surface area contributed by atoms with E-state index in [0.29, 0.717) is 0 Å². The zero-order valence-electron chi connectivity index (χ0n) is 10.4. The highest BCUT2D eigenvalue weighted by atomic mass is 31.2. The highest BCUT2D eigenvalue weighted by Gasteiger charge is 2.45. The van der Waals surface area contributed by atoms with E-state index in [1.54, 1.807) is 0 Å². The molecule has 118 valence electrons. The van der Waals surface area contributed by atoms with E-state index >= 15 is 0 Å². The lowest BCUT2D eigenvalue weighted by atomic mass is 10.1. The molecular weight excluding hydrogens is 311 g/mol. The van der Waals surface area contributed by atoms with Gasteiger partial charge >= 0.3 is 13.5 Å². The molecule has 1 aromatic rings. The summed E-state index contributed by atoms with van der Waals surface area (Å²) in [5.41, 5.74) is 4.35. The molecule has 1 aliphatic rings. The van der Waals surface area contributed by atoms with Crippen LogP contribution in [0.1, 0.15) is 6.23 Å². The molecule has 0 aromatic carbocycles. The van der Waals surface area contributed by atoms with Crippen LogP contribution in [0.15, 0.2) is 11.1 Å². The van der Waals surface area contributed by atoms with Gasteiger partial charge in [-0.3, -0.25) is 9.09 Å².